The van der Waals surface area contributed by atoms with Gasteiger partial charge in [0, 0.05) is 5.75 Å². The van der Waals surface area contributed by atoms with Gasteiger partial charge in [-0.15, -0.1) is 10.2 Å². The van der Waals surface area contributed by atoms with Crippen LogP contribution in [-0.4, -0.2) is 16.1 Å². The number of amides is 1. The van der Waals surface area contributed by atoms with Gasteiger partial charge in [-0.2, -0.15) is 0 Å². The molecule has 4 rings (SSSR count). The van der Waals surface area contributed by atoms with Crippen molar-refractivity contribution in [3.63, 3.8) is 0 Å². The van der Waals surface area contributed by atoms with Crippen LogP contribution < -0.4 is 5.32 Å². The number of rotatable bonds is 6. The van der Waals surface area contributed by atoms with Crippen LogP contribution in [-0.2, 0) is 17.0 Å². The van der Waals surface area contributed by atoms with Gasteiger partial charge in [0.05, 0.1) is 6.42 Å². The predicted octanol–water partition coefficient (Wildman–Crippen LogP) is 5.47. The molecular weight excluding hydrogens is 386 g/mol. The van der Waals surface area contributed by atoms with E-state index in [4.69, 9.17) is 0 Å². The fraction of sp³-hybridized carbons (Fsp3) is 0.136. The number of thioether (sulfide) groups is 1. The third-order valence-electron chi connectivity index (χ3n) is 4.37. The quantitative estimate of drug-likeness (QED) is 0.341. The molecule has 28 heavy (non-hydrogen) atoms. The van der Waals surface area contributed by atoms with Crippen LogP contribution in [0.4, 0.5) is 5.13 Å². The molecule has 0 aliphatic rings. The molecule has 0 aliphatic carbocycles. The predicted molar refractivity (Wildman–Crippen MR) is 117 cm³/mol. The molecule has 0 radical (unpaired) electrons. The lowest BCUT2D eigenvalue weighted by atomic mass is 10.0. The normalized spacial score (nSPS) is 10.9. The molecule has 1 aromatic heterocycles. The first-order chi connectivity index (χ1) is 13.7. The van der Waals surface area contributed by atoms with E-state index in [0.717, 1.165) is 26.4 Å². The van der Waals surface area contributed by atoms with Gasteiger partial charge in [-0.05, 0) is 28.8 Å². The van der Waals surface area contributed by atoms with Gasteiger partial charge in [-0.1, -0.05) is 95.4 Å². The molecule has 0 atom stereocenters. The van der Waals surface area contributed by atoms with Crippen molar-refractivity contribution in [1.82, 2.24) is 10.2 Å². The van der Waals surface area contributed by atoms with Crippen molar-refractivity contribution < 1.29 is 4.79 Å². The van der Waals surface area contributed by atoms with Gasteiger partial charge in [0.2, 0.25) is 11.0 Å². The van der Waals surface area contributed by atoms with Crippen LogP contribution in [0.15, 0.2) is 71.1 Å². The topological polar surface area (TPSA) is 54.9 Å². The molecule has 0 unspecified atom stereocenters. The van der Waals surface area contributed by atoms with E-state index in [1.54, 1.807) is 11.8 Å². The third kappa shape index (κ3) is 4.58. The van der Waals surface area contributed by atoms with E-state index in [1.165, 1.54) is 22.5 Å². The van der Waals surface area contributed by atoms with Crippen LogP contribution in [0.3, 0.4) is 0 Å². The monoisotopic (exact) mass is 405 g/mol. The minimum Gasteiger partial charge on any atom is -0.300 e. The zero-order valence-corrected chi connectivity index (χ0v) is 17.0. The van der Waals surface area contributed by atoms with E-state index in [0.29, 0.717) is 11.6 Å². The number of carbonyl (C=O) groups is 1. The van der Waals surface area contributed by atoms with E-state index in [2.05, 4.69) is 58.8 Å². The Labute approximate surface area is 172 Å². The van der Waals surface area contributed by atoms with E-state index in [-0.39, 0.29) is 5.91 Å². The molecule has 1 heterocycles. The number of anilines is 1. The summed E-state index contributed by atoms with van der Waals surface area (Å²) in [5.41, 5.74) is 3.50. The Morgan fingerprint density at radius 1 is 1.00 bits per heavy atom. The van der Waals surface area contributed by atoms with E-state index in [9.17, 15) is 4.79 Å². The summed E-state index contributed by atoms with van der Waals surface area (Å²) >= 11 is 3.03. The highest BCUT2D eigenvalue weighted by Crippen LogP contribution is 2.28. The van der Waals surface area contributed by atoms with Crippen LogP contribution in [0.25, 0.3) is 10.8 Å². The van der Waals surface area contributed by atoms with Crippen molar-refractivity contribution in [3.8, 4) is 0 Å². The first-order valence-electron chi connectivity index (χ1n) is 8.96. The summed E-state index contributed by atoms with van der Waals surface area (Å²) in [5.74, 6) is 0.751. The molecule has 0 spiro atoms. The van der Waals surface area contributed by atoms with Gasteiger partial charge in [-0.25, -0.2) is 0 Å². The molecule has 140 valence electrons. The molecule has 3 aromatic carbocycles. The van der Waals surface area contributed by atoms with Crippen molar-refractivity contribution in [2.24, 2.45) is 0 Å². The molecule has 0 fully saturated rings. The van der Waals surface area contributed by atoms with E-state index in [1.807, 2.05) is 30.3 Å². The highest BCUT2D eigenvalue weighted by Gasteiger charge is 2.11. The zero-order valence-electron chi connectivity index (χ0n) is 15.4. The summed E-state index contributed by atoms with van der Waals surface area (Å²) in [5, 5.41) is 13.9. The molecule has 4 nitrogen and oxygen atoms in total. The fourth-order valence-electron chi connectivity index (χ4n) is 2.93. The molecule has 4 aromatic rings. The van der Waals surface area contributed by atoms with Crippen molar-refractivity contribution >= 4 is 44.9 Å². The molecule has 0 aliphatic heterocycles. The Bertz CT molecular complexity index is 1100. The van der Waals surface area contributed by atoms with E-state index < -0.39 is 0 Å². The second kappa shape index (κ2) is 8.54. The highest BCUT2D eigenvalue weighted by molar-refractivity contribution is 8.00. The standard InChI is InChI=1S/C22H19N3OS2/c1-15-9-11-16(12-10-15)14-27-22-25-24-21(28-22)23-20(26)13-18-7-4-6-17-5-2-3-8-19(17)18/h2-12H,13-14H2,1H3,(H,23,24,26). The molecule has 0 bridgehead atoms. The molecular formula is C22H19N3OS2. The second-order valence-corrected chi connectivity index (χ2v) is 8.71. The summed E-state index contributed by atoms with van der Waals surface area (Å²) in [6.07, 6.45) is 0.312. The minimum absolute atomic E-state index is 0.0809. The molecule has 0 saturated carbocycles. The van der Waals surface area contributed by atoms with E-state index >= 15 is 0 Å². The Kier molecular flexibility index (Phi) is 5.69. The van der Waals surface area contributed by atoms with Crippen molar-refractivity contribution in [3.05, 3.63) is 83.4 Å². The largest absolute Gasteiger partial charge is 0.300 e. The number of hydrogen-bond acceptors (Lipinski definition) is 5. The number of fused-ring (bicyclic) bond motifs is 1. The lowest BCUT2D eigenvalue weighted by Crippen LogP contribution is -2.14. The SMILES string of the molecule is Cc1ccc(CSc2nnc(NC(=O)Cc3cccc4ccccc34)s2)cc1. The number of hydrogen-bond donors (Lipinski definition) is 1. The van der Waals surface area contributed by atoms with Gasteiger partial charge >= 0.3 is 0 Å². The van der Waals surface area contributed by atoms with Crippen LogP contribution in [0.2, 0.25) is 0 Å². The number of nitrogens with zero attached hydrogens (tertiary/aromatic N) is 2. The molecule has 1 N–H and O–H groups in total. The summed E-state index contributed by atoms with van der Waals surface area (Å²) in [6, 6.07) is 22.6. The maximum atomic E-state index is 12.5. The van der Waals surface area contributed by atoms with Crippen LogP contribution >= 0.6 is 23.1 Å². The number of benzene rings is 3. The van der Waals surface area contributed by atoms with Crippen LogP contribution in [0.5, 0.6) is 0 Å². The first kappa shape index (κ1) is 18.7. The third-order valence-corrected chi connectivity index (χ3v) is 6.41. The Hall–Kier alpha value is -2.70. The Morgan fingerprint density at radius 3 is 2.64 bits per heavy atom. The van der Waals surface area contributed by atoms with Gasteiger partial charge in [0.25, 0.3) is 0 Å². The summed E-state index contributed by atoms with van der Waals surface area (Å²) in [4.78, 5) is 12.5. The number of carbonyl (C=O) groups excluding carboxylic acids is 1. The maximum absolute atomic E-state index is 12.5. The first-order valence-corrected chi connectivity index (χ1v) is 10.8. The molecule has 0 saturated heterocycles. The lowest BCUT2D eigenvalue weighted by Gasteiger charge is -2.06. The summed E-state index contributed by atoms with van der Waals surface area (Å²) in [7, 11) is 0. The van der Waals surface area contributed by atoms with Gasteiger partial charge in [0.15, 0.2) is 4.34 Å². The maximum Gasteiger partial charge on any atom is 0.230 e. The lowest BCUT2D eigenvalue weighted by molar-refractivity contribution is -0.115. The van der Waals surface area contributed by atoms with Crippen molar-refractivity contribution in [2.75, 3.05) is 5.32 Å². The Morgan fingerprint density at radius 2 is 1.79 bits per heavy atom. The second-order valence-electron chi connectivity index (χ2n) is 6.51. The number of nitrogens with one attached hydrogen (secondary N) is 1. The molecule has 1 amide bonds. The van der Waals surface area contributed by atoms with Crippen LogP contribution in [0.1, 0.15) is 16.7 Å². The highest BCUT2D eigenvalue weighted by atomic mass is 32.2. The average Bonchev–Trinajstić information content (AvgIpc) is 3.15. The average molecular weight is 406 g/mol. The van der Waals surface area contributed by atoms with Gasteiger partial charge in [0.1, 0.15) is 0 Å². The zero-order chi connectivity index (χ0) is 19.3. The van der Waals surface area contributed by atoms with Crippen molar-refractivity contribution in [1.29, 1.82) is 0 Å². The fourth-order valence-corrected chi connectivity index (χ4v) is 4.66. The summed E-state index contributed by atoms with van der Waals surface area (Å²) in [6.45, 7) is 2.08. The Balaban J connectivity index is 1.36. The number of aryl methyl sites for hydroxylation is 1. The van der Waals surface area contributed by atoms with Crippen LogP contribution in [0, 0.1) is 6.92 Å². The minimum atomic E-state index is -0.0809. The van der Waals surface area contributed by atoms with Gasteiger partial charge in [-0.3, -0.25) is 4.79 Å². The smallest absolute Gasteiger partial charge is 0.230 e. The summed E-state index contributed by atoms with van der Waals surface area (Å²) < 4.78 is 0.848. The molecule has 6 heteroatoms. The number of aromatic nitrogens is 2. The van der Waals surface area contributed by atoms with Crippen molar-refractivity contribution in [2.45, 2.75) is 23.4 Å². The van der Waals surface area contributed by atoms with Gasteiger partial charge < -0.3 is 5.32 Å².